The van der Waals surface area contributed by atoms with Crippen LogP contribution in [0.4, 0.5) is 0 Å². The van der Waals surface area contributed by atoms with Gasteiger partial charge in [-0.3, -0.25) is 9.59 Å². The highest BCUT2D eigenvalue weighted by atomic mass is 16.7. The lowest BCUT2D eigenvalue weighted by atomic mass is 9.98. The van der Waals surface area contributed by atoms with Crippen LogP contribution in [-0.4, -0.2) is 142 Å². The molecule has 70 heavy (non-hydrogen) atoms. The summed E-state index contributed by atoms with van der Waals surface area (Å²) in [6.07, 6.45) is 31.1. The summed E-state index contributed by atoms with van der Waals surface area (Å²) < 4.78 is 33.6. The maximum absolute atomic E-state index is 13.0. The highest BCUT2D eigenvalue weighted by Crippen LogP contribution is 2.26. The van der Waals surface area contributed by atoms with Crippen LogP contribution in [0.2, 0.25) is 0 Å². The topological polar surface area (TPSA) is 231 Å². The number of rotatable bonds is 41. The number of unbranched alkanes of at least 4 members (excludes halogenated alkanes) is 17. The molecule has 2 aliphatic rings. The van der Waals surface area contributed by atoms with Gasteiger partial charge in [0.25, 0.3) is 0 Å². The van der Waals surface area contributed by atoms with Crippen LogP contribution in [0.15, 0.2) is 60.8 Å². The molecule has 0 aromatic rings. The fourth-order valence-electron chi connectivity index (χ4n) is 8.08. The predicted octanol–water partition coefficient (Wildman–Crippen LogP) is 8.05. The van der Waals surface area contributed by atoms with Crippen molar-refractivity contribution in [3.8, 4) is 0 Å². The molecule has 4 unspecified atom stereocenters. The van der Waals surface area contributed by atoms with Crippen LogP contribution in [0.1, 0.15) is 181 Å². The van der Waals surface area contributed by atoms with Gasteiger partial charge in [-0.2, -0.15) is 0 Å². The van der Waals surface area contributed by atoms with Crippen LogP contribution >= 0.6 is 0 Å². The quantitative estimate of drug-likeness (QED) is 0.0175. The van der Waals surface area contributed by atoms with Gasteiger partial charge >= 0.3 is 11.9 Å². The predicted molar refractivity (Wildman–Crippen MR) is 270 cm³/mol. The van der Waals surface area contributed by atoms with E-state index >= 15 is 0 Å². The summed E-state index contributed by atoms with van der Waals surface area (Å²) in [6, 6.07) is 0. The van der Waals surface area contributed by atoms with Gasteiger partial charge in [-0.15, -0.1) is 0 Å². The Morgan fingerprint density at radius 2 is 0.900 bits per heavy atom. The number of aliphatic hydroxyl groups is 7. The number of allylic oxidation sites excluding steroid dienone is 10. The van der Waals surface area contributed by atoms with Crippen molar-refractivity contribution in [1.82, 2.24) is 0 Å². The summed E-state index contributed by atoms with van der Waals surface area (Å²) in [6.45, 7) is 2.43. The fourth-order valence-corrected chi connectivity index (χ4v) is 8.08. The first-order valence-electron chi connectivity index (χ1n) is 26.9. The number of aliphatic hydroxyl groups excluding tert-OH is 7. The van der Waals surface area contributed by atoms with Crippen molar-refractivity contribution in [1.29, 1.82) is 0 Å². The smallest absolute Gasteiger partial charge is 0.306 e. The molecule has 0 amide bonds. The Morgan fingerprint density at radius 3 is 1.46 bits per heavy atom. The number of hydrogen-bond acceptors (Lipinski definition) is 15. The minimum atomic E-state index is -1.77. The molecule has 0 bridgehead atoms. The Labute approximate surface area is 420 Å². The second-order valence-electron chi connectivity index (χ2n) is 18.7. The molecule has 0 aromatic heterocycles. The Morgan fingerprint density at radius 1 is 0.471 bits per heavy atom. The van der Waals surface area contributed by atoms with Gasteiger partial charge in [0.2, 0.25) is 0 Å². The average Bonchev–Trinajstić information content (AvgIpc) is 3.35. The second-order valence-corrected chi connectivity index (χ2v) is 18.7. The third-order valence-electron chi connectivity index (χ3n) is 12.5. The van der Waals surface area contributed by atoms with Crippen molar-refractivity contribution in [2.75, 3.05) is 26.4 Å². The molecular formula is C55H94O15. The van der Waals surface area contributed by atoms with Gasteiger partial charge in [-0.05, 0) is 77.0 Å². The van der Waals surface area contributed by atoms with Gasteiger partial charge in [0, 0.05) is 12.8 Å². The van der Waals surface area contributed by atoms with Crippen LogP contribution < -0.4 is 0 Å². The normalized spacial score (nSPS) is 25.8. The van der Waals surface area contributed by atoms with Crippen molar-refractivity contribution < 1.29 is 73.8 Å². The molecule has 0 saturated carbocycles. The molecule has 0 spiro atoms. The summed E-state index contributed by atoms with van der Waals surface area (Å²) in [5.74, 6) is -0.977. The second kappa shape index (κ2) is 41.6. The van der Waals surface area contributed by atoms with Crippen LogP contribution in [0.3, 0.4) is 0 Å². The van der Waals surface area contributed by atoms with Gasteiger partial charge < -0.3 is 64.2 Å². The van der Waals surface area contributed by atoms with Crippen molar-refractivity contribution in [2.24, 2.45) is 0 Å². The SMILES string of the molecule is CC/C=C/C/C=C/C/C=C/C/C=C/CCCCC(=O)OC[C@H](CO[C@H]1O[C@@H](CO[C@H]2O[C@@H](CO)[C@@H](O)C(O)C2O)[C@@H](O)C(O)C1O)OC(=O)CCCCCCCCCCC/C=C/CCCCCCCC. The Hall–Kier alpha value is -2.80. The molecule has 2 rings (SSSR count). The van der Waals surface area contributed by atoms with E-state index < -0.39 is 99.3 Å². The van der Waals surface area contributed by atoms with E-state index in [1.54, 1.807) is 0 Å². The van der Waals surface area contributed by atoms with E-state index in [1.165, 1.54) is 70.6 Å². The number of hydrogen-bond donors (Lipinski definition) is 7. The third kappa shape index (κ3) is 29.0. The van der Waals surface area contributed by atoms with Gasteiger partial charge in [-0.25, -0.2) is 0 Å². The summed E-state index contributed by atoms with van der Waals surface area (Å²) in [4.78, 5) is 25.8. The first kappa shape index (κ1) is 63.3. The maximum atomic E-state index is 13.0. The van der Waals surface area contributed by atoms with E-state index in [4.69, 9.17) is 28.4 Å². The molecule has 0 radical (unpaired) electrons. The summed E-state index contributed by atoms with van der Waals surface area (Å²) in [7, 11) is 0. The van der Waals surface area contributed by atoms with E-state index in [0.29, 0.717) is 12.8 Å². The van der Waals surface area contributed by atoms with Gasteiger partial charge in [0.05, 0.1) is 19.8 Å². The summed E-state index contributed by atoms with van der Waals surface area (Å²) in [5.41, 5.74) is 0. The fraction of sp³-hybridized carbons (Fsp3) is 0.782. The van der Waals surface area contributed by atoms with Crippen LogP contribution in [-0.2, 0) is 38.0 Å². The van der Waals surface area contributed by atoms with Crippen LogP contribution in [0.5, 0.6) is 0 Å². The Kier molecular flexibility index (Phi) is 37.7. The van der Waals surface area contributed by atoms with Gasteiger partial charge in [-0.1, -0.05) is 152 Å². The molecule has 404 valence electrons. The van der Waals surface area contributed by atoms with E-state index in [2.05, 4.69) is 74.6 Å². The number of esters is 2. The summed E-state index contributed by atoms with van der Waals surface area (Å²) >= 11 is 0. The highest BCUT2D eigenvalue weighted by molar-refractivity contribution is 5.70. The first-order valence-corrected chi connectivity index (χ1v) is 26.9. The molecule has 0 aliphatic carbocycles. The molecule has 2 heterocycles. The van der Waals surface area contributed by atoms with E-state index in [0.717, 1.165) is 70.6 Å². The molecule has 2 aliphatic heterocycles. The van der Waals surface area contributed by atoms with Crippen LogP contribution in [0, 0.1) is 0 Å². The monoisotopic (exact) mass is 995 g/mol. The standard InChI is InChI=1S/C55H94O15/c1-3-5-7-9-11-13-15-17-19-20-21-22-24-26-28-30-32-34-36-38-47(58)68-43(40-65-46(57)37-35-33-31-29-27-25-23-18-16-14-12-10-8-6-4-2)41-66-54-53(64)51(62)49(60)45(70-54)42-67-55-52(63)50(61)48(59)44(39-56)69-55/h6,8,12,14,17-19,23,27,29,43-45,48-56,59-64H,3-5,7,9-11,13,15-16,20-22,24-26,28,30-42H2,1-2H3/b8-6+,14-12+,19-17+,23-18+,29-27+/t43-,44+,45+,48-,49-,50?,51?,52?,53?,54+,55+/m1/s1. The number of carbonyl (C=O) groups excluding carboxylic acids is 2. The Balaban J connectivity index is 1.80. The molecule has 2 fully saturated rings. The zero-order chi connectivity index (χ0) is 51.0. The minimum absolute atomic E-state index is 0.152. The largest absolute Gasteiger partial charge is 0.462 e. The van der Waals surface area contributed by atoms with Gasteiger partial charge in [0.1, 0.15) is 55.4 Å². The molecule has 15 nitrogen and oxygen atoms in total. The van der Waals surface area contributed by atoms with Gasteiger partial charge in [0.15, 0.2) is 18.7 Å². The first-order chi connectivity index (χ1) is 34.0. The number of carbonyl (C=O) groups is 2. The lowest BCUT2D eigenvalue weighted by Crippen LogP contribution is -2.61. The molecule has 15 heteroatoms. The van der Waals surface area contributed by atoms with E-state index in [1.807, 2.05) is 0 Å². The van der Waals surface area contributed by atoms with Crippen molar-refractivity contribution >= 4 is 11.9 Å². The zero-order valence-electron chi connectivity index (χ0n) is 42.7. The molecule has 11 atom stereocenters. The van der Waals surface area contributed by atoms with E-state index in [-0.39, 0.29) is 19.4 Å². The average molecular weight is 995 g/mol. The van der Waals surface area contributed by atoms with Crippen molar-refractivity contribution in [2.45, 2.75) is 248 Å². The molecular weight excluding hydrogens is 901 g/mol. The van der Waals surface area contributed by atoms with E-state index in [9.17, 15) is 45.3 Å². The Bertz CT molecular complexity index is 1450. The highest BCUT2D eigenvalue weighted by Gasteiger charge is 2.47. The summed E-state index contributed by atoms with van der Waals surface area (Å²) in [5, 5.41) is 72.1. The molecule has 7 N–H and O–H groups in total. The maximum Gasteiger partial charge on any atom is 0.306 e. The number of ether oxygens (including phenoxy) is 6. The van der Waals surface area contributed by atoms with Crippen molar-refractivity contribution in [3.63, 3.8) is 0 Å². The third-order valence-corrected chi connectivity index (χ3v) is 12.5. The van der Waals surface area contributed by atoms with Crippen LogP contribution in [0.25, 0.3) is 0 Å². The minimum Gasteiger partial charge on any atom is -0.462 e. The lowest BCUT2D eigenvalue weighted by molar-refractivity contribution is -0.332. The zero-order valence-corrected chi connectivity index (χ0v) is 42.7. The molecule has 0 aromatic carbocycles. The van der Waals surface area contributed by atoms with Crippen molar-refractivity contribution in [3.05, 3.63) is 60.8 Å². The molecule has 2 saturated heterocycles. The lowest BCUT2D eigenvalue weighted by Gasteiger charge is -2.42.